The second-order valence-electron chi connectivity index (χ2n) is 7.16. The predicted molar refractivity (Wildman–Crippen MR) is 117 cm³/mol. The van der Waals surface area contributed by atoms with Gasteiger partial charge in [0.1, 0.15) is 12.3 Å². The monoisotopic (exact) mass is 421 g/mol. The number of carbonyl (C=O) groups is 1. The summed E-state index contributed by atoms with van der Waals surface area (Å²) in [4.78, 5) is 39.4. The molecule has 9 nitrogen and oxygen atoms in total. The number of aromatic nitrogens is 3. The summed E-state index contributed by atoms with van der Waals surface area (Å²) in [5, 5.41) is 7.09. The summed E-state index contributed by atoms with van der Waals surface area (Å²) in [5.74, 6) is 0.643. The van der Waals surface area contributed by atoms with Crippen LogP contribution >= 0.6 is 0 Å². The molecule has 1 N–H and O–H groups in total. The summed E-state index contributed by atoms with van der Waals surface area (Å²) in [5.41, 5.74) is 0.844. The highest BCUT2D eigenvalue weighted by atomic mass is 16.5. The number of para-hydroxylation sites is 1. The third kappa shape index (κ3) is 4.07. The van der Waals surface area contributed by atoms with E-state index in [4.69, 9.17) is 4.74 Å². The lowest BCUT2D eigenvalue weighted by Gasteiger charge is -2.18. The first-order valence-electron chi connectivity index (χ1n) is 10.1. The van der Waals surface area contributed by atoms with Crippen molar-refractivity contribution in [3.63, 3.8) is 0 Å². The molecular weight excluding hydrogens is 398 g/mol. The predicted octanol–water partition coefficient (Wildman–Crippen LogP) is 1.90. The third-order valence-corrected chi connectivity index (χ3v) is 5.07. The summed E-state index contributed by atoms with van der Waals surface area (Å²) in [6, 6.07) is 14.7. The Morgan fingerprint density at radius 1 is 1.06 bits per heavy atom. The first-order valence-corrected chi connectivity index (χ1v) is 10.1. The Labute approximate surface area is 178 Å². The molecule has 9 heteroatoms. The summed E-state index contributed by atoms with van der Waals surface area (Å²) in [6.45, 7) is 4.84. The number of nitrogens with zero attached hydrogens (tertiary/aromatic N) is 4. The van der Waals surface area contributed by atoms with Gasteiger partial charge in [-0.05, 0) is 49.7 Å². The van der Waals surface area contributed by atoms with Gasteiger partial charge in [0.05, 0.1) is 6.61 Å². The maximum atomic E-state index is 12.6. The van der Waals surface area contributed by atoms with Crippen LogP contribution in [0.1, 0.15) is 12.5 Å². The maximum absolute atomic E-state index is 12.6. The van der Waals surface area contributed by atoms with Crippen LogP contribution in [-0.4, -0.2) is 33.4 Å². The van der Waals surface area contributed by atoms with Gasteiger partial charge in [0.2, 0.25) is 11.9 Å². The number of anilines is 3. The van der Waals surface area contributed by atoms with Crippen molar-refractivity contribution in [2.75, 3.05) is 23.4 Å². The van der Waals surface area contributed by atoms with Gasteiger partial charge >= 0.3 is 11.1 Å². The molecule has 31 heavy (non-hydrogen) atoms. The summed E-state index contributed by atoms with van der Waals surface area (Å²) >= 11 is 0. The fourth-order valence-electron chi connectivity index (χ4n) is 3.50. The zero-order valence-corrected chi connectivity index (χ0v) is 17.4. The molecule has 4 rings (SSSR count). The van der Waals surface area contributed by atoms with Gasteiger partial charge in [-0.25, -0.2) is 4.68 Å². The molecular formula is C22H23N5O4. The van der Waals surface area contributed by atoms with E-state index >= 15 is 0 Å². The standard InChI is InChI=1S/C22H23N5O4/c1-3-31-17-10-8-16(9-11-17)25-12-13-26-20(29)21(30)27(24-22(25)26)14-19(28)23-18-7-5-4-6-15(18)2/h4-11H,3,12-14H2,1-2H3,(H,23,28). The number of fused-ring (bicyclic) bond motifs is 1. The Morgan fingerprint density at radius 2 is 1.81 bits per heavy atom. The van der Waals surface area contributed by atoms with Gasteiger partial charge in [-0.15, -0.1) is 5.10 Å². The zero-order chi connectivity index (χ0) is 22.0. The number of ether oxygens (including phenoxy) is 1. The van der Waals surface area contributed by atoms with E-state index in [9.17, 15) is 14.4 Å². The SMILES string of the molecule is CCOc1ccc(N2CCn3c2nn(CC(=O)Nc2ccccc2C)c(=O)c3=O)cc1. The number of nitrogens with one attached hydrogen (secondary N) is 1. The van der Waals surface area contributed by atoms with Crippen LogP contribution in [0.25, 0.3) is 0 Å². The molecule has 0 radical (unpaired) electrons. The topological polar surface area (TPSA) is 98.5 Å². The van der Waals surface area contributed by atoms with E-state index in [1.165, 1.54) is 4.57 Å². The Kier molecular flexibility index (Phi) is 5.57. The lowest BCUT2D eigenvalue weighted by molar-refractivity contribution is -0.117. The molecule has 0 spiro atoms. The number of hydrogen-bond acceptors (Lipinski definition) is 6. The summed E-state index contributed by atoms with van der Waals surface area (Å²) in [7, 11) is 0. The van der Waals surface area contributed by atoms with E-state index in [1.807, 2.05) is 61.2 Å². The average molecular weight is 421 g/mol. The Bertz CT molecular complexity index is 1230. The van der Waals surface area contributed by atoms with Crippen LogP contribution in [0.15, 0.2) is 58.1 Å². The number of benzene rings is 2. The Morgan fingerprint density at radius 3 is 2.52 bits per heavy atom. The second-order valence-corrected chi connectivity index (χ2v) is 7.16. The quantitative estimate of drug-likeness (QED) is 0.611. The van der Waals surface area contributed by atoms with Crippen LogP contribution in [-0.2, 0) is 17.9 Å². The maximum Gasteiger partial charge on any atom is 0.333 e. The summed E-state index contributed by atoms with van der Waals surface area (Å²) < 4.78 is 7.74. The molecule has 1 amide bonds. The number of rotatable bonds is 6. The lowest BCUT2D eigenvalue weighted by Crippen LogP contribution is -2.44. The van der Waals surface area contributed by atoms with Crippen LogP contribution in [0.2, 0.25) is 0 Å². The smallest absolute Gasteiger partial charge is 0.333 e. The summed E-state index contributed by atoms with van der Waals surface area (Å²) in [6.07, 6.45) is 0. The van der Waals surface area contributed by atoms with Crippen molar-refractivity contribution in [3.8, 4) is 5.75 Å². The van der Waals surface area contributed by atoms with Gasteiger partial charge in [-0.2, -0.15) is 0 Å². The van der Waals surface area contributed by atoms with Crippen molar-refractivity contribution in [1.82, 2.24) is 14.3 Å². The van der Waals surface area contributed by atoms with E-state index in [0.717, 1.165) is 21.7 Å². The normalized spacial score (nSPS) is 12.5. The highest BCUT2D eigenvalue weighted by molar-refractivity contribution is 5.91. The number of aryl methyl sites for hydroxylation is 1. The van der Waals surface area contributed by atoms with Crippen molar-refractivity contribution in [3.05, 3.63) is 74.8 Å². The average Bonchev–Trinajstić information content (AvgIpc) is 3.18. The molecule has 3 aromatic rings. The molecule has 0 atom stereocenters. The van der Waals surface area contributed by atoms with Crippen molar-refractivity contribution in [2.45, 2.75) is 26.9 Å². The van der Waals surface area contributed by atoms with Crippen LogP contribution < -0.4 is 26.1 Å². The molecule has 0 bridgehead atoms. The highest BCUT2D eigenvalue weighted by Gasteiger charge is 2.26. The fourth-order valence-corrected chi connectivity index (χ4v) is 3.50. The second kappa shape index (κ2) is 8.47. The van der Waals surface area contributed by atoms with Crippen LogP contribution in [0.5, 0.6) is 5.75 Å². The van der Waals surface area contributed by atoms with Gasteiger partial charge in [0, 0.05) is 24.5 Å². The van der Waals surface area contributed by atoms with Gasteiger partial charge < -0.3 is 15.0 Å². The van der Waals surface area contributed by atoms with Gasteiger partial charge in [0.25, 0.3) is 0 Å². The molecule has 1 aliphatic rings. The molecule has 1 aromatic heterocycles. The first-order chi connectivity index (χ1) is 15.0. The molecule has 0 unspecified atom stereocenters. The molecule has 2 heterocycles. The number of hydrogen-bond donors (Lipinski definition) is 1. The Hall–Kier alpha value is -3.88. The van der Waals surface area contributed by atoms with Crippen molar-refractivity contribution >= 4 is 23.2 Å². The minimum absolute atomic E-state index is 0.331. The molecule has 160 valence electrons. The first kappa shape index (κ1) is 20.4. The molecule has 0 saturated heterocycles. The van der Waals surface area contributed by atoms with Crippen molar-refractivity contribution in [1.29, 1.82) is 0 Å². The molecule has 1 aliphatic heterocycles. The van der Waals surface area contributed by atoms with Gasteiger partial charge in [-0.1, -0.05) is 18.2 Å². The van der Waals surface area contributed by atoms with Crippen LogP contribution in [0, 0.1) is 6.92 Å². The number of amides is 1. The number of carbonyl (C=O) groups excluding carboxylic acids is 1. The largest absolute Gasteiger partial charge is 0.494 e. The molecule has 2 aromatic carbocycles. The minimum Gasteiger partial charge on any atom is -0.494 e. The van der Waals surface area contributed by atoms with Gasteiger partial charge in [-0.3, -0.25) is 19.0 Å². The molecule has 0 aliphatic carbocycles. The third-order valence-electron chi connectivity index (χ3n) is 5.07. The molecule has 0 saturated carbocycles. The van der Waals surface area contributed by atoms with E-state index < -0.39 is 17.0 Å². The minimum atomic E-state index is -0.822. The molecule has 0 fully saturated rings. The highest BCUT2D eigenvalue weighted by Crippen LogP contribution is 2.28. The van der Waals surface area contributed by atoms with Crippen LogP contribution in [0.3, 0.4) is 0 Å². The van der Waals surface area contributed by atoms with Crippen molar-refractivity contribution < 1.29 is 9.53 Å². The van der Waals surface area contributed by atoms with E-state index in [2.05, 4.69) is 10.4 Å². The fraction of sp³-hybridized carbons (Fsp3) is 0.273. The zero-order valence-electron chi connectivity index (χ0n) is 17.4. The van der Waals surface area contributed by atoms with Crippen molar-refractivity contribution in [2.24, 2.45) is 0 Å². The Balaban J connectivity index is 1.61. The van der Waals surface area contributed by atoms with E-state index in [0.29, 0.717) is 31.3 Å². The van der Waals surface area contributed by atoms with E-state index in [1.54, 1.807) is 6.07 Å². The lowest BCUT2D eigenvalue weighted by atomic mass is 10.2. The van der Waals surface area contributed by atoms with E-state index in [-0.39, 0.29) is 6.54 Å². The van der Waals surface area contributed by atoms with Gasteiger partial charge in [0.15, 0.2) is 0 Å². The van der Waals surface area contributed by atoms with Crippen LogP contribution in [0.4, 0.5) is 17.3 Å².